The first-order valence-corrected chi connectivity index (χ1v) is 6.02. The van der Waals surface area contributed by atoms with E-state index in [1.54, 1.807) is 6.92 Å². The first-order chi connectivity index (χ1) is 8.12. The lowest BCUT2D eigenvalue weighted by molar-refractivity contribution is -0.118. The van der Waals surface area contributed by atoms with Crippen molar-refractivity contribution in [2.75, 3.05) is 0 Å². The van der Waals surface area contributed by atoms with Gasteiger partial charge >= 0.3 is 0 Å². The van der Waals surface area contributed by atoms with Crippen molar-refractivity contribution < 1.29 is 9.53 Å². The van der Waals surface area contributed by atoms with Gasteiger partial charge in [-0.05, 0) is 32.3 Å². The van der Waals surface area contributed by atoms with E-state index in [9.17, 15) is 4.79 Å². The monoisotopic (exact) mass is 230 g/mol. The molecule has 1 aromatic rings. The highest BCUT2D eigenvalue weighted by molar-refractivity contribution is 5.84. The molecule has 1 aliphatic heterocycles. The van der Waals surface area contributed by atoms with Gasteiger partial charge < -0.3 is 4.74 Å². The van der Waals surface area contributed by atoms with Gasteiger partial charge in [0.2, 0.25) is 0 Å². The van der Waals surface area contributed by atoms with E-state index < -0.39 is 0 Å². The lowest BCUT2D eigenvalue weighted by atomic mass is 9.99. The maximum Gasteiger partial charge on any atom is 0.161 e. The molecular formula is C15H18O2. The average molecular weight is 230 g/mol. The van der Waals surface area contributed by atoms with Gasteiger partial charge in [0.25, 0.3) is 0 Å². The minimum Gasteiger partial charge on any atom is -0.358 e. The summed E-state index contributed by atoms with van der Waals surface area (Å²) in [5.41, 5.74) is 0.991. The van der Waals surface area contributed by atoms with Crippen molar-refractivity contribution in [1.82, 2.24) is 0 Å². The second-order valence-corrected chi connectivity index (χ2v) is 4.77. The molecule has 2 atom stereocenters. The van der Waals surface area contributed by atoms with Gasteiger partial charge in [-0.2, -0.15) is 0 Å². The zero-order chi connectivity index (χ0) is 12.3. The fourth-order valence-electron chi connectivity index (χ4n) is 2.09. The molecule has 0 aromatic heterocycles. The number of benzene rings is 1. The highest BCUT2D eigenvalue weighted by atomic mass is 16.6. The van der Waals surface area contributed by atoms with Crippen LogP contribution in [0.15, 0.2) is 36.4 Å². The number of epoxide rings is 1. The predicted octanol–water partition coefficient (Wildman–Crippen LogP) is 3.23. The Morgan fingerprint density at radius 2 is 2.12 bits per heavy atom. The number of allylic oxidation sites excluding steroid dienone is 1. The Morgan fingerprint density at radius 3 is 2.71 bits per heavy atom. The molecule has 0 aliphatic carbocycles. The number of carbonyl (C=O) groups is 1. The molecule has 1 aliphatic rings. The van der Waals surface area contributed by atoms with Crippen molar-refractivity contribution >= 4 is 11.9 Å². The van der Waals surface area contributed by atoms with Crippen LogP contribution in [-0.4, -0.2) is 17.5 Å². The van der Waals surface area contributed by atoms with E-state index >= 15 is 0 Å². The van der Waals surface area contributed by atoms with E-state index in [0.717, 1.165) is 12.8 Å². The zero-order valence-corrected chi connectivity index (χ0v) is 10.3. The first kappa shape index (κ1) is 12.1. The minimum atomic E-state index is -0.215. The zero-order valence-electron chi connectivity index (χ0n) is 10.3. The van der Waals surface area contributed by atoms with Crippen molar-refractivity contribution in [2.45, 2.75) is 38.4 Å². The Labute approximate surface area is 102 Å². The molecule has 1 aromatic carbocycles. The molecule has 0 N–H and O–H groups in total. The molecule has 0 amide bonds. The summed E-state index contributed by atoms with van der Waals surface area (Å²) in [6, 6.07) is 10.2. The van der Waals surface area contributed by atoms with Crippen LogP contribution in [0.25, 0.3) is 6.08 Å². The predicted molar refractivity (Wildman–Crippen MR) is 68.7 cm³/mol. The number of hydrogen-bond acceptors (Lipinski definition) is 2. The SMILES string of the molecule is CC(=O)C1OC1(C)CC/C=C/c1ccccc1. The van der Waals surface area contributed by atoms with E-state index in [-0.39, 0.29) is 17.5 Å². The molecule has 2 nitrogen and oxygen atoms in total. The quantitative estimate of drug-likeness (QED) is 0.727. The van der Waals surface area contributed by atoms with Crippen LogP contribution >= 0.6 is 0 Å². The summed E-state index contributed by atoms with van der Waals surface area (Å²) in [5.74, 6) is 0.138. The topological polar surface area (TPSA) is 29.6 Å². The van der Waals surface area contributed by atoms with Crippen LogP contribution < -0.4 is 0 Å². The van der Waals surface area contributed by atoms with Gasteiger partial charge in [-0.3, -0.25) is 4.79 Å². The fourth-order valence-corrected chi connectivity index (χ4v) is 2.09. The van der Waals surface area contributed by atoms with E-state index in [4.69, 9.17) is 4.74 Å². The fraction of sp³-hybridized carbons (Fsp3) is 0.400. The number of carbonyl (C=O) groups excluding carboxylic acids is 1. The van der Waals surface area contributed by atoms with Gasteiger partial charge in [0.05, 0.1) is 0 Å². The standard InChI is InChI=1S/C15H18O2/c1-12(16)14-15(2,17-14)11-7-6-10-13-8-4-3-5-9-13/h3-6,8-10,14H,7,11H2,1-2H3/b10-6+. The maximum absolute atomic E-state index is 11.1. The van der Waals surface area contributed by atoms with Crippen LogP contribution in [0.3, 0.4) is 0 Å². The Bertz CT molecular complexity index is 422. The summed E-state index contributed by atoms with van der Waals surface area (Å²) in [6.07, 6.45) is 5.91. The molecule has 2 heteroatoms. The summed E-state index contributed by atoms with van der Waals surface area (Å²) in [7, 11) is 0. The van der Waals surface area contributed by atoms with Crippen molar-refractivity contribution in [3.05, 3.63) is 42.0 Å². The van der Waals surface area contributed by atoms with Crippen molar-refractivity contribution in [3.8, 4) is 0 Å². The molecule has 0 saturated carbocycles. The summed E-state index contributed by atoms with van der Waals surface area (Å²) in [5, 5.41) is 0. The molecular weight excluding hydrogens is 212 g/mol. The van der Waals surface area contributed by atoms with Gasteiger partial charge in [0, 0.05) is 0 Å². The van der Waals surface area contributed by atoms with Crippen LogP contribution in [0.1, 0.15) is 32.3 Å². The molecule has 1 saturated heterocycles. The van der Waals surface area contributed by atoms with Crippen LogP contribution in [0, 0.1) is 0 Å². The van der Waals surface area contributed by atoms with Crippen LogP contribution in [-0.2, 0) is 9.53 Å². The van der Waals surface area contributed by atoms with Gasteiger partial charge in [-0.25, -0.2) is 0 Å². The second kappa shape index (κ2) is 4.84. The molecule has 0 bridgehead atoms. The van der Waals surface area contributed by atoms with Gasteiger partial charge in [0.15, 0.2) is 5.78 Å². The summed E-state index contributed by atoms with van der Waals surface area (Å²) in [4.78, 5) is 11.1. The van der Waals surface area contributed by atoms with Gasteiger partial charge in [0.1, 0.15) is 11.7 Å². The average Bonchev–Trinajstić information content (AvgIpc) is 2.99. The molecule has 17 heavy (non-hydrogen) atoms. The number of hydrogen-bond donors (Lipinski definition) is 0. The molecule has 90 valence electrons. The molecule has 1 fully saturated rings. The van der Waals surface area contributed by atoms with Crippen LogP contribution in [0.4, 0.5) is 0 Å². The Hall–Kier alpha value is -1.41. The largest absolute Gasteiger partial charge is 0.358 e. The van der Waals surface area contributed by atoms with Gasteiger partial charge in [-0.1, -0.05) is 42.5 Å². The third kappa shape index (κ3) is 3.04. The van der Waals surface area contributed by atoms with E-state index in [1.165, 1.54) is 5.56 Å². The lowest BCUT2D eigenvalue weighted by Crippen LogP contribution is -2.14. The highest BCUT2D eigenvalue weighted by Gasteiger charge is 2.54. The van der Waals surface area contributed by atoms with E-state index in [1.807, 2.05) is 25.1 Å². The summed E-state index contributed by atoms with van der Waals surface area (Å²) < 4.78 is 5.43. The van der Waals surface area contributed by atoms with Crippen LogP contribution in [0.2, 0.25) is 0 Å². The lowest BCUT2D eigenvalue weighted by Gasteiger charge is -2.01. The van der Waals surface area contributed by atoms with Crippen molar-refractivity contribution in [2.24, 2.45) is 0 Å². The van der Waals surface area contributed by atoms with E-state index in [2.05, 4.69) is 24.3 Å². The molecule has 2 unspecified atom stereocenters. The highest BCUT2D eigenvalue weighted by Crippen LogP contribution is 2.40. The number of ether oxygens (including phenoxy) is 1. The van der Waals surface area contributed by atoms with Crippen molar-refractivity contribution in [1.29, 1.82) is 0 Å². The van der Waals surface area contributed by atoms with Crippen molar-refractivity contribution in [3.63, 3.8) is 0 Å². The summed E-state index contributed by atoms with van der Waals surface area (Å²) >= 11 is 0. The minimum absolute atomic E-state index is 0.138. The van der Waals surface area contributed by atoms with E-state index in [0.29, 0.717) is 0 Å². The third-order valence-corrected chi connectivity index (χ3v) is 3.17. The normalized spacial score (nSPS) is 27.3. The molecule has 0 spiro atoms. The second-order valence-electron chi connectivity index (χ2n) is 4.77. The molecule has 1 heterocycles. The Morgan fingerprint density at radius 1 is 1.41 bits per heavy atom. The third-order valence-electron chi connectivity index (χ3n) is 3.17. The number of rotatable bonds is 5. The number of Topliss-reactive ketones (excluding diaryl/α,β-unsaturated/α-hetero) is 1. The Balaban J connectivity index is 1.78. The number of ketones is 1. The van der Waals surface area contributed by atoms with Crippen LogP contribution in [0.5, 0.6) is 0 Å². The summed E-state index contributed by atoms with van der Waals surface area (Å²) in [6.45, 7) is 3.60. The first-order valence-electron chi connectivity index (χ1n) is 6.02. The molecule has 0 radical (unpaired) electrons. The Kier molecular flexibility index (Phi) is 3.43. The smallest absolute Gasteiger partial charge is 0.161 e. The maximum atomic E-state index is 11.1. The molecule has 2 rings (SSSR count). The van der Waals surface area contributed by atoms with Gasteiger partial charge in [-0.15, -0.1) is 0 Å².